The van der Waals surface area contributed by atoms with Crippen LogP contribution in [0.5, 0.6) is 5.75 Å². The van der Waals surface area contributed by atoms with E-state index in [1.54, 1.807) is 37.3 Å². The van der Waals surface area contributed by atoms with Crippen molar-refractivity contribution in [3.63, 3.8) is 0 Å². The molecule has 182 valence electrons. The summed E-state index contributed by atoms with van der Waals surface area (Å²) in [6.45, 7) is 1.60. The molecule has 5 rings (SSSR count). The van der Waals surface area contributed by atoms with E-state index in [0.29, 0.717) is 27.5 Å². The van der Waals surface area contributed by atoms with Gasteiger partial charge in [0.05, 0.1) is 23.3 Å². The minimum absolute atomic E-state index is 0.00687. The van der Waals surface area contributed by atoms with Crippen LogP contribution in [0.2, 0.25) is 0 Å². The lowest BCUT2D eigenvalue weighted by molar-refractivity contribution is 0.413. The molecule has 0 saturated heterocycles. The lowest BCUT2D eigenvalue weighted by Gasteiger charge is -2.17. The smallest absolute Gasteiger partial charge is 0.263 e. The zero-order chi connectivity index (χ0) is 25.4. The molecule has 0 bridgehead atoms. The maximum atomic E-state index is 15.9. The largest absolute Gasteiger partial charge is 0.496 e. The summed E-state index contributed by atoms with van der Waals surface area (Å²) in [5, 5.41) is 8.54. The van der Waals surface area contributed by atoms with Crippen LogP contribution < -0.4 is 9.46 Å². The molecule has 36 heavy (non-hydrogen) atoms. The Hall–Kier alpha value is -3.96. The molecule has 0 aliphatic carbocycles. The zero-order valence-corrected chi connectivity index (χ0v) is 20.6. The Morgan fingerprint density at radius 1 is 1.06 bits per heavy atom. The van der Waals surface area contributed by atoms with Gasteiger partial charge in [-0.3, -0.25) is 9.71 Å². The van der Waals surface area contributed by atoms with Crippen LogP contribution in [-0.4, -0.2) is 30.7 Å². The Morgan fingerprint density at radius 3 is 2.61 bits per heavy atom. The number of halogens is 2. The molecular weight excluding hydrogens is 506 g/mol. The molecule has 0 saturated carbocycles. The molecule has 1 N–H and O–H groups in total. The standard InChI is InChI=1S/C25H18F2N4O3S2/c1-14-20(15-4-3-5-17(26)10-15)12-21(34-2)22(23(14)27)24-19-7-6-18(11-16(19)8-9-28-24)36(32,33)31-25-30-29-13-35-25/h3-13H,1-2H3,(H,30,31). The van der Waals surface area contributed by atoms with Crippen molar-refractivity contribution in [2.45, 2.75) is 11.8 Å². The third-order valence-electron chi connectivity index (χ3n) is 5.69. The SMILES string of the molecule is COc1cc(-c2cccc(F)c2)c(C)c(F)c1-c1nccc2cc(S(=O)(=O)Nc3nncs3)ccc12. The summed E-state index contributed by atoms with van der Waals surface area (Å²) >= 11 is 1.06. The molecule has 7 nitrogen and oxygen atoms in total. The number of ether oxygens (including phenoxy) is 1. The average Bonchev–Trinajstić information content (AvgIpc) is 3.37. The highest BCUT2D eigenvalue weighted by Crippen LogP contribution is 2.41. The minimum atomic E-state index is -3.91. The molecule has 11 heteroatoms. The van der Waals surface area contributed by atoms with Gasteiger partial charge in [-0.2, -0.15) is 0 Å². The van der Waals surface area contributed by atoms with Crippen molar-refractivity contribution >= 4 is 37.3 Å². The van der Waals surface area contributed by atoms with E-state index in [1.165, 1.54) is 43.1 Å². The van der Waals surface area contributed by atoms with Crippen molar-refractivity contribution in [3.8, 4) is 28.1 Å². The number of hydrogen-bond acceptors (Lipinski definition) is 7. The number of aromatic nitrogens is 3. The van der Waals surface area contributed by atoms with Gasteiger partial charge < -0.3 is 4.74 Å². The number of benzene rings is 3. The van der Waals surface area contributed by atoms with Gasteiger partial charge in [-0.25, -0.2) is 17.2 Å². The van der Waals surface area contributed by atoms with Crippen molar-refractivity contribution < 1.29 is 21.9 Å². The molecule has 0 amide bonds. The summed E-state index contributed by atoms with van der Waals surface area (Å²) in [5.41, 5.74) is 3.14. The van der Waals surface area contributed by atoms with Crippen LogP contribution >= 0.6 is 11.3 Å². The van der Waals surface area contributed by atoms with Crippen LogP contribution in [0.15, 0.2) is 71.2 Å². The highest BCUT2D eigenvalue weighted by molar-refractivity contribution is 7.93. The molecular formula is C25H18F2N4O3S2. The van der Waals surface area contributed by atoms with Crippen LogP contribution in [0, 0.1) is 18.6 Å². The van der Waals surface area contributed by atoms with Crippen LogP contribution in [0.25, 0.3) is 33.2 Å². The van der Waals surface area contributed by atoms with Gasteiger partial charge in [0.1, 0.15) is 22.9 Å². The van der Waals surface area contributed by atoms with E-state index in [-0.39, 0.29) is 27.0 Å². The Balaban J connectivity index is 1.64. The molecule has 0 radical (unpaired) electrons. The van der Waals surface area contributed by atoms with Crippen molar-refractivity contribution in [2.75, 3.05) is 11.8 Å². The molecule has 0 unspecified atom stereocenters. The Labute approximate surface area is 209 Å². The van der Waals surface area contributed by atoms with Gasteiger partial charge in [-0.05, 0) is 65.4 Å². The first kappa shape index (κ1) is 23.8. The molecule has 0 fully saturated rings. The van der Waals surface area contributed by atoms with Crippen molar-refractivity contribution in [2.24, 2.45) is 0 Å². The van der Waals surface area contributed by atoms with Crippen molar-refractivity contribution in [3.05, 3.63) is 83.5 Å². The first-order valence-corrected chi connectivity index (χ1v) is 13.0. The zero-order valence-electron chi connectivity index (χ0n) is 19.0. The fourth-order valence-corrected chi connectivity index (χ4v) is 5.70. The summed E-state index contributed by atoms with van der Waals surface area (Å²) in [6.07, 6.45) is 1.47. The van der Waals surface area contributed by atoms with Crippen LogP contribution in [0.4, 0.5) is 13.9 Å². The summed E-state index contributed by atoms with van der Waals surface area (Å²) in [6, 6.07) is 13.6. The van der Waals surface area contributed by atoms with E-state index >= 15 is 4.39 Å². The van der Waals surface area contributed by atoms with Gasteiger partial charge in [0.2, 0.25) is 5.13 Å². The second kappa shape index (κ2) is 9.25. The quantitative estimate of drug-likeness (QED) is 0.301. The van der Waals surface area contributed by atoms with Crippen molar-refractivity contribution in [1.29, 1.82) is 0 Å². The first-order chi connectivity index (χ1) is 17.3. The third kappa shape index (κ3) is 4.27. The number of hydrogen-bond donors (Lipinski definition) is 1. The van der Waals surface area contributed by atoms with Gasteiger partial charge in [0, 0.05) is 11.6 Å². The summed E-state index contributed by atoms with van der Waals surface area (Å²) in [5.74, 6) is -0.785. The average molecular weight is 525 g/mol. The number of fused-ring (bicyclic) bond motifs is 1. The molecule has 2 aromatic heterocycles. The number of methoxy groups -OCH3 is 1. The Morgan fingerprint density at radius 2 is 1.89 bits per heavy atom. The highest BCUT2D eigenvalue weighted by Gasteiger charge is 2.23. The summed E-state index contributed by atoms with van der Waals surface area (Å²) in [4.78, 5) is 4.40. The third-order valence-corrected chi connectivity index (χ3v) is 7.77. The molecule has 5 aromatic rings. The molecule has 0 spiro atoms. The number of pyridine rings is 1. The van der Waals surface area contributed by atoms with Gasteiger partial charge in [0.25, 0.3) is 10.0 Å². The molecule has 3 aromatic carbocycles. The number of anilines is 1. The number of rotatable bonds is 6. The van der Waals surface area contributed by atoms with E-state index in [4.69, 9.17) is 4.74 Å². The summed E-state index contributed by atoms with van der Waals surface area (Å²) < 4.78 is 63.2. The van der Waals surface area contributed by atoms with Gasteiger partial charge in [-0.15, -0.1) is 10.2 Å². The van der Waals surface area contributed by atoms with E-state index in [9.17, 15) is 12.8 Å². The normalized spacial score (nSPS) is 11.6. The van der Waals surface area contributed by atoms with Crippen LogP contribution in [0.3, 0.4) is 0 Å². The minimum Gasteiger partial charge on any atom is -0.496 e. The molecule has 0 aliphatic rings. The molecule has 2 heterocycles. The number of nitrogens with one attached hydrogen (secondary N) is 1. The maximum absolute atomic E-state index is 15.9. The topological polar surface area (TPSA) is 94.1 Å². The Bertz CT molecular complexity index is 1710. The predicted molar refractivity (Wildman–Crippen MR) is 135 cm³/mol. The van der Waals surface area contributed by atoms with Crippen molar-refractivity contribution in [1.82, 2.24) is 15.2 Å². The number of nitrogens with zero attached hydrogens (tertiary/aromatic N) is 3. The fourth-order valence-electron chi connectivity index (χ4n) is 3.98. The highest BCUT2D eigenvalue weighted by atomic mass is 32.2. The predicted octanol–water partition coefficient (Wildman–Crippen LogP) is 5.82. The summed E-state index contributed by atoms with van der Waals surface area (Å²) in [7, 11) is -2.50. The van der Waals surface area contributed by atoms with Crippen LogP contribution in [0.1, 0.15) is 5.56 Å². The Kier molecular flexibility index (Phi) is 6.10. The van der Waals surface area contributed by atoms with Gasteiger partial charge in [-0.1, -0.05) is 29.5 Å². The van der Waals surface area contributed by atoms with Gasteiger partial charge >= 0.3 is 0 Å². The molecule has 0 aliphatic heterocycles. The van der Waals surface area contributed by atoms with E-state index in [0.717, 1.165) is 11.3 Å². The van der Waals surface area contributed by atoms with E-state index in [1.807, 2.05) is 0 Å². The number of sulfonamides is 1. The van der Waals surface area contributed by atoms with E-state index in [2.05, 4.69) is 19.9 Å². The molecule has 0 atom stereocenters. The second-order valence-corrected chi connectivity index (χ2v) is 10.4. The van der Waals surface area contributed by atoms with Crippen LogP contribution in [-0.2, 0) is 10.0 Å². The lowest BCUT2D eigenvalue weighted by atomic mass is 9.94. The van der Waals surface area contributed by atoms with Gasteiger partial charge in [0.15, 0.2) is 0 Å². The second-order valence-electron chi connectivity index (χ2n) is 7.84. The fraction of sp³-hybridized carbons (Fsp3) is 0.0800. The van der Waals surface area contributed by atoms with E-state index < -0.39 is 21.7 Å². The first-order valence-electron chi connectivity index (χ1n) is 10.6. The lowest BCUT2D eigenvalue weighted by Crippen LogP contribution is -2.12. The monoisotopic (exact) mass is 524 g/mol. The maximum Gasteiger partial charge on any atom is 0.263 e.